The predicted molar refractivity (Wildman–Crippen MR) is 85.2 cm³/mol. The van der Waals surface area contributed by atoms with E-state index in [0.717, 1.165) is 6.61 Å². The Labute approximate surface area is 125 Å². The van der Waals surface area contributed by atoms with Gasteiger partial charge in [-0.15, -0.1) is 0 Å². The van der Waals surface area contributed by atoms with Gasteiger partial charge >= 0.3 is 0 Å². The Morgan fingerprint density at radius 3 is 2.55 bits per heavy atom. The Balaban J connectivity index is 1.93. The van der Waals surface area contributed by atoms with Crippen molar-refractivity contribution in [3.8, 4) is 0 Å². The molecule has 0 aromatic heterocycles. The van der Waals surface area contributed by atoms with Gasteiger partial charge in [0.25, 0.3) is 0 Å². The lowest BCUT2D eigenvalue weighted by atomic mass is 9.82. The first-order chi connectivity index (χ1) is 9.70. The molecule has 2 aliphatic rings. The second-order valence-electron chi connectivity index (χ2n) is 6.81. The van der Waals surface area contributed by atoms with Crippen molar-refractivity contribution >= 4 is 0 Å². The number of rotatable bonds is 7. The number of likely N-dealkylation sites (N-methyl/N-ethyl adjacent to an activating group) is 1. The summed E-state index contributed by atoms with van der Waals surface area (Å²) in [6.45, 7) is 8.36. The molecule has 2 rings (SSSR count). The summed E-state index contributed by atoms with van der Waals surface area (Å²) < 4.78 is 5.80. The van der Waals surface area contributed by atoms with Crippen molar-refractivity contribution in [2.45, 2.75) is 82.9 Å². The largest absolute Gasteiger partial charge is 0.378 e. The van der Waals surface area contributed by atoms with E-state index >= 15 is 0 Å². The molecule has 2 fully saturated rings. The minimum Gasteiger partial charge on any atom is -0.378 e. The number of hydrogen-bond donors (Lipinski definition) is 1. The molecule has 0 radical (unpaired) electrons. The minimum atomic E-state index is 0.299. The van der Waals surface area contributed by atoms with E-state index in [-0.39, 0.29) is 0 Å². The highest BCUT2D eigenvalue weighted by Crippen LogP contribution is 2.30. The van der Waals surface area contributed by atoms with Crippen molar-refractivity contribution < 1.29 is 4.74 Å². The molecule has 1 N–H and O–H groups in total. The van der Waals surface area contributed by atoms with E-state index in [2.05, 4.69) is 31.1 Å². The van der Waals surface area contributed by atoms with Gasteiger partial charge in [-0.1, -0.05) is 13.3 Å². The van der Waals surface area contributed by atoms with E-state index in [1.807, 2.05) is 0 Å². The van der Waals surface area contributed by atoms with Crippen LogP contribution in [0, 0.1) is 0 Å². The molecule has 118 valence electrons. The maximum atomic E-state index is 5.80. The second-order valence-corrected chi connectivity index (χ2v) is 6.81. The summed E-state index contributed by atoms with van der Waals surface area (Å²) in [6.07, 6.45) is 10.9. The van der Waals surface area contributed by atoms with Crippen molar-refractivity contribution in [2.24, 2.45) is 0 Å². The summed E-state index contributed by atoms with van der Waals surface area (Å²) in [6, 6.07) is 0.579. The molecule has 0 aromatic rings. The molecule has 0 aliphatic carbocycles. The third kappa shape index (κ3) is 3.75. The van der Waals surface area contributed by atoms with Gasteiger partial charge in [-0.3, -0.25) is 4.90 Å². The van der Waals surface area contributed by atoms with Crippen LogP contribution in [0.5, 0.6) is 0 Å². The zero-order valence-electron chi connectivity index (χ0n) is 13.8. The van der Waals surface area contributed by atoms with Gasteiger partial charge in [0.2, 0.25) is 0 Å². The lowest BCUT2D eigenvalue weighted by Crippen LogP contribution is -2.60. The zero-order chi connectivity index (χ0) is 14.4. The van der Waals surface area contributed by atoms with E-state index in [1.165, 1.54) is 64.5 Å². The molecule has 0 aromatic carbocycles. The molecule has 3 atom stereocenters. The Morgan fingerprint density at radius 2 is 2.00 bits per heavy atom. The molecule has 0 spiro atoms. The van der Waals surface area contributed by atoms with Crippen LogP contribution in [0.3, 0.4) is 0 Å². The summed E-state index contributed by atoms with van der Waals surface area (Å²) in [5.41, 5.74) is 0.299. The monoisotopic (exact) mass is 282 g/mol. The van der Waals surface area contributed by atoms with Crippen molar-refractivity contribution in [3.05, 3.63) is 0 Å². The highest BCUT2D eigenvalue weighted by atomic mass is 16.5. The molecule has 0 saturated carbocycles. The molecule has 3 heteroatoms. The van der Waals surface area contributed by atoms with Crippen LogP contribution in [0.1, 0.15) is 65.2 Å². The van der Waals surface area contributed by atoms with Crippen molar-refractivity contribution in [2.75, 3.05) is 26.7 Å². The van der Waals surface area contributed by atoms with Gasteiger partial charge in [-0.05, 0) is 72.0 Å². The fourth-order valence-corrected chi connectivity index (χ4v) is 4.09. The molecular formula is C17H34N2O. The van der Waals surface area contributed by atoms with Crippen LogP contribution in [0.2, 0.25) is 0 Å². The molecular weight excluding hydrogens is 248 g/mol. The molecule has 2 aliphatic heterocycles. The Bertz CT molecular complexity index is 272. The van der Waals surface area contributed by atoms with Gasteiger partial charge in [0.15, 0.2) is 0 Å². The summed E-state index contributed by atoms with van der Waals surface area (Å²) >= 11 is 0. The quantitative estimate of drug-likeness (QED) is 0.776. The average molecular weight is 282 g/mol. The van der Waals surface area contributed by atoms with E-state index < -0.39 is 0 Å². The summed E-state index contributed by atoms with van der Waals surface area (Å²) in [5, 5.41) is 3.62. The Morgan fingerprint density at radius 1 is 1.25 bits per heavy atom. The highest BCUT2D eigenvalue weighted by Gasteiger charge is 2.38. The number of hydrogen-bond acceptors (Lipinski definition) is 3. The summed E-state index contributed by atoms with van der Waals surface area (Å²) in [5.74, 6) is 0. The average Bonchev–Trinajstić information content (AvgIpc) is 3.01. The summed E-state index contributed by atoms with van der Waals surface area (Å²) in [4.78, 5) is 2.74. The van der Waals surface area contributed by atoms with Crippen molar-refractivity contribution in [3.63, 3.8) is 0 Å². The second kappa shape index (κ2) is 7.77. The van der Waals surface area contributed by atoms with Crippen LogP contribution < -0.4 is 5.32 Å². The van der Waals surface area contributed by atoms with Gasteiger partial charge < -0.3 is 10.1 Å². The number of piperidine rings is 1. The molecule has 3 unspecified atom stereocenters. The first kappa shape index (κ1) is 16.3. The highest BCUT2D eigenvalue weighted by molar-refractivity contribution is 4.97. The molecule has 2 heterocycles. The lowest BCUT2D eigenvalue weighted by Gasteiger charge is -2.48. The van der Waals surface area contributed by atoms with Gasteiger partial charge in [-0.2, -0.15) is 0 Å². The van der Waals surface area contributed by atoms with Gasteiger partial charge in [0.1, 0.15) is 0 Å². The van der Waals surface area contributed by atoms with E-state index in [9.17, 15) is 0 Å². The Kier molecular flexibility index (Phi) is 6.31. The van der Waals surface area contributed by atoms with Crippen LogP contribution in [0.25, 0.3) is 0 Å². The third-order valence-electron chi connectivity index (χ3n) is 5.69. The van der Waals surface area contributed by atoms with Gasteiger partial charge in [0, 0.05) is 18.2 Å². The number of ether oxygens (including phenoxy) is 1. The van der Waals surface area contributed by atoms with Crippen LogP contribution in [0.15, 0.2) is 0 Å². The first-order valence-electron chi connectivity index (χ1n) is 8.74. The maximum Gasteiger partial charge on any atom is 0.0576 e. The fraction of sp³-hybridized carbons (Fsp3) is 1.00. The van der Waals surface area contributed by atoms with Crippen LogP contribution in [0.4, 0.5) is 0 Å². The van der Waals surface area contributed by atoms with Crippen LogP contribution in [-0.2, 0) is 4.74 Å². The number of likely N-dealkylation sites (tertiary alicyclic amines) is 1. The molecule has 3 nitrogen and oxygen atoms in total. The third-order valence-corrected chi connectivity index (χ3v) is 5.69. The van der Waals surface area contributed by atoms with E-state index in [0.29, 0.717) is 17.7 Å². The van der Waals surface area contributed by atoms with Crippen molar-refractivity contribution in [1.82, 2.24) is 10.2 Å². The Hall–Kier alpha value is -0.120. The zero-order valence-corrected chi connectivity index (χ0v) is 13.8. The van der Waals surface area contributed by atoms with Crippen molar-refractivity contribution in [1.29, 1.82) is 0 Å². The normalized spacial score (nSPS) is 29.2. The smallest absolute Gasteiger partial charge is 0.0576 e. The molecule has 0 bridgehead atoms. The van der Waals surface area contributed by atoms with Gasteiger partial charge in [0.05, 0.1) is 6.10 Å². The SMILES string of the molecule is CCC(C)(C(CCC1CCCO1)NC)N1CCCCC1. The summed E-state index contributed by atoms with van der Waals surface area (Å²) in [7, 11) is 2.14. The molecule has 2 saturated heterocycles. The van der Waals surface area contributed by atoms with E-state index in [4.69, 9.17) is 4.74 Å². The standard InChI is InChI=1S/C17H34N2O/c1-4-17(2,19-12-6-5-7-13-19)16(18-3)11-10-15-9-8-14-20-15/h15-16,18H,4-14H2,1-3H3. The predicted octanol–water partition coefficient (Wildman–Crippen LogP) is 3.19. The molecule has 0 amide bonds. The number of nitrogens with one attached hydrogen (secondary N) is 1. The number of nitrogens with zero attached hydrogens (tertiary/aromatic N) is 1. The van der Waals surface area contributed by atoms with Crippen LogP contribution in [-0.4, -0.2) is 49.3 Å². The lowest BCUT2D eigenvalue weighted by molar-refractivity contribution is 0.0338. The first-order valence-corrected chi connectivity index (χ1v) is 8.74. The van der Waals surface area contributed by atoms with E-state index in [1.54, 1.807) is 0 Å². The fourth-order valence-electron chi connectivity index (χ4n) is 4.09. The maximum absolute atomic E-state index is 5.80. The minimum absolute atomic E-state index is 0.299. The topological polar surface area (TPSA) is 24.5 Å². The van der Waals surface area contributed by atoms with Gasteiger partial charge in [-0.25, -0.2) is 0 Å². The van der Waals surface area contributed by atoms with Crippen LogP contribution >= 0.6 is 0 Å². The molecule has 20 heavy (non-hydrogen) atoms.